The number of amides is 1. The molecule has 0 aromatic heterocycles. The molecule has 16 heavy (non-hydrogen) atoms. The number of carbonyl (C=O) groups is 2. The van der Waals surface area contributed by atoms with Crippen molar-refractivity contribution in [3.05, 3.63) is 0 Å². The van der Waals surface area contributed by atoms with Crippen molar-refractivity contribution in [3.8, 4) is 0 Å². The molecule has 92 valence electrons. The minimum atomic E-state index is -0.996. The van der Waals surface area contributed by atoms with E-state index in [1.54, 1.807) is 0 Å². The molecule has 5 nitrogen and oxygen atoms in total. The summed E-state index contributed by atoms with van der Waals surface area (Å²) in [6.45, 7) is 2.50. The zero-order chi connectivity index (χ0) is 12.0. The number of carboxylic acid groups (broad SMARTS) is 1. The largest absolute Gasteiger partial charge is 0.480 e. The van der Waals surface area contributed by atoms with E-state index in [9.17, 15) is 9.59 Å². The fraction of sp³-hybridized carbons (Fsp3) is 0.818. The van der Waals surface area contributed by atoms with Crippen molar-refractivity contribution < 1.29 is 14.7 Å². The van der Waals surface area contributed by atoms with Crippen LogP contribution in [0.2, 0.25) is 0 Å². The zero-order valence-electron chi connectivity index (χ0n) is 9.66. The van der Waals surface area contributed by atoms with Gasteiger partial charge >= 0.3 is 5.97 Å². The number of nitrogens with one attached hydrogen (secondary N) is 2. The van der Waals surface area contributed by atoms with E-state index in [-0.39, 0.29) is 5.91 Å². The van der Waals surface area contributed by atoms with Crippen molar-refractivity contribution in [1.82, 2.24) is 10.6 Å². The molecule has 1 saturated heterocycles. The highest BCUT2D eigenvalue weighted by molar-refractivity contribution is 5.83. The Balaban J connectivity index is 2.16. The third-order valence-electron chi connectivity index (χ3n) is 2.88. The van der Waals surface area contributed by atoms with Crippen molar-refractivity contribution >= 4 is 11.9 Å². The molecule has 0 aromatic carbocycles. The average Bonchev–Trinajstić information content (AvgIpc) is 2.27. The van der Waals surface area contributed by atoms with Crippen LogP contribution in [-0.4, -0.2) is 35.6 Å². The highest BCUT2D eigenvalue weighted by Gasteiger charge is 2.16. The normalized spacial score (nSPS) is 22.4. The van der Waals surface area contributed by atoms with E-state index in [1.807, 2.05) is 0 Å². The first kappa shape index (κ1) is 13.0. The minimum absolute atomic E-state index is 0.178. The monoisotopic (exact) mass is 228 g/mol. The summed E-state index contributed by atoms with van der Waals surface area (Å²) in [6.07, 6.45) is 4.72. The number of rotatable bonds is 5. The van der Waals surface area contributed by atoms with Crippen LogP contribution in [0.25, 0.3) is 0 Å². The van der Waals surface area contributed by atoms with Gasteiger partial charge in [-0.15, -0.1) is 0 Å². The molecule has 1 aliphatic rings. The lowest BCUT2D eigenvalue weighted by Gasteiger charge is -2.23. The third kappa shape index (κ3) is 4.61. The molecular weight excluding hydrogens is 208 g/mol. The Morgan fingerprint density at radius 3 is 2.81 bits per heavy atom. The maximum absolute atomic E-state index is 11.4. The highest BCUT2D eigenvalue weighted by Crippen LogP contribution is 2.11. The second-order valence-corrected chi connectivity index (χ2v) is 4.31. The van der Waals surface area contributed by atoms with E-state index >= 15 is 0 Å². The topological polar surface area (TPSA) is 78.4 Å². The van der Waals surface area contributed by atoms with Gasteiger partial charge in [0.25, 0.3) is 0 Å². The predicted molar refractivity (Wildman–Crippen MR) is 60.1 cm³/mol. The van der Waals surface area contributed by atoms with E-state index in [0.29, 0.717) is 12.5 Å². The molecule has 0 spiro atoms. The molecule has 1 unspecified atom stereocenters. The van der Waals surface area contributed by atoms with E-state index in [2.05, 4.69) is 10.6 Å². The second kappa shape index (κ2) is 6.48. The summed E-state index contributed by atoms with van der Waals surface area (Å²) in [6, 6.07) is -0.383. The molecule has 1 amide bonds. The molecule has 5 heteroatoms. The number of carboxylic acids is 1. The van der Waals surface area contributed by atoms with Gasteiger partial charge in [-0.1, -0.05) is 6.42 Å². The summed E-state index contributed by atoms with van der Waals surface area (Å²) in [5.74, 6) is -1.17. The van der Waals surface area contributed by atoms with Gasteiger partial charge in [0.05, 0.1) is 0 Å². The standard InChI is InChI=1S/C11H20N2O3/c1-8(11(15)16)13-10(14)6-5-9-4-2-3-7-12-9/h8-9,12H,2-7H2,1H3,(H,13,14)(H,15,16)/t8-,9?/m1/s1. The third-order valence-corrected chi connectivity index (χ3v) is 2.88. The number of aliphatic carboxylic acids is 1. The Bertz CT molecular complexity index is 250. The Morgan fingerprint density at radius 1 is 1.50 bits per heavy atom. The molecular formula is C11H20N2O3. The Labute approximate surface area is 95.6 Å². The first-order chi connectivity index (χ1) is 7.59. The van der Waals surface area contributed by atoms with Gasteiger partial charge in [0.2, 0.25) is 5.91 Å². The van der Waals surface area contributed by atoms with Crippen LogP contribution >= 0.6 is 0 Å². The summed E-state index contributed by atoms with van der Waals surface area (Å²) in [7, 11) is 0. The zero-order valence-corrected chi connectivity index (χ0v) is 9.66. The summed E-state index contributed by atoms with van der Waals surface area (Å²) in [4.78, 5) is 21.9. The fourth-order valence-electron chi connectivity index (χ4n) is 1.85. The van der Waals surface area contributed by atoms with Crippen molar-refractivity contribution in [1.29, 1.82) is 0 Å². The van der Waals surface area contributed by atoms with Crippen LogP contribution in [0.15, 0.2) is 0 Å². The Morgan fingerprint density at radius 2 is 2.25 bits per heavy atom. The van der Waals surface area contributed by atoms with Gasteiger partial charge < -0.3 is 15.7 Å². The summed E-state index contributed by atoms with van der Waals surface area (Å²) in [5.41, 5.74) is 0. The lowest BCUT2D eigenvalue weighted by Crippen LogP contribution is -2.40. The van der Waals surface area contributed by atoms with Gasteiger partial charge in [-0.05, 0) is 32.7 Å². The highest BCUT2D eigenvalue weighted by atomic mass is 16.4. The molecule has 1 heterocycles. The maximum atomic E-state index is 11.4. The van der Waals surface area contributed by atoms with Crippen molar-refractivity contribution in [2.75, 3.05) is 6.54 Å². The first-order valence-corrected chi connectivity index (χ1v) is 5.85. The Kier molecular flexibility index (Phi) is 5.25. The van der Waals surface area contributed by atoms with Gasteiger partial charge in [-0.3, -0.25) is 9.59 Å². The van der Waals surface area contributed by atoms with E-state index in [1.165, 1.54) is 19.8 Å². The van der Waals surface area contributed by atoms with Gasteiger partial charge in [0.1, 0.15) is 6.04 Å². The summed E-state index contributed by atoms with van der Waals surface area (Å²) >= 11 is 0. The van der Waals surface area contributed by atoms with Crippen LogP contribution in [0, 0.1) is 0 Å². The molecule has 3 N–H and O–H groups in total. The molecule has 0 aliphatic carbocycles. The van der Waals surface area contributed by atoms with Gasteiger partial charge in [0, 0.05) is 12.5 Å². The minimum Gasteiger partial charge on any atom is -0.480 e. The van der Waals surface area contributed by atoms with Crippen molar-refractivity contribution in [3.63, 3.8) is 0 Å². The molecule has 1 rings (SSSR count). The predicted octanol–water partition coefficient (Wildman–Crippen LogP) is 0.498. The number of piperidine rings is 1. The smallest absolute Gasteiger partial charge is 0.325 e. The van der Waals surface area contributed by atoms with Gasteiger partial charge in [-0.2, -0.15) is 0 Å². The van der Waals surface area contributed by atoms with Crippen LogP contribution in [-0.2, 0) is 9.59 Å². The molecule has 1 aliphatic heterocycles. The lowest BCUT2D eigenvalue weighted by molar-refractivity contribution is -0.141. The first-order valence-electron chi connectivity index (χ1n) is 5.85. The molecule has 1 fully saturated rings. The SMILES string of the molecule is C[C@@H](NC(=O)CCC1CCCCN1)C(=O)O. The molecule has 0 radical (unpaired) electrons. The number of hydrogen-bond donors (Lipinski definition) is 3. The average molecular weight is 228 g/mol. The molecule has 0 bridgehead atoms. The lowest BCUT2D eigenvalue weighted by atomic mass is 10.0. The molecule has 0 aromatic rings. The van der Waals surface area contributed by atoms with E-state index in [4.69, 9.17) is 5.11 Å². The number of carbonyl (C=O) groups excluding carboxylic acids is 1. The van der Waals surface area contributed by atoms with Crippen LogP contribution in [0.1, 0.15) is 39.0 Å². The van der Waals surface area contributed by atoms with Crippen LogP contribution in [0.4, 0.5) is 0 Å². The van der Waals surface area contributed by atoms with E-state index < -0.39 is 12.0 Å². The Hall–Kier alpha value is -1.10. The van der Waals surface area contributed by atoms with Crippen LogP contribution in [0.5, 0.6) is 0 Å². The fourth-order valence-corrected chi connectivity index (χ4v) is 1.85. The molecule has 2 atom stereocenters. The van der Waals surface area contributed by atoms with Crippen LogP contribution < -0.4 is 10.6 Å². The summed E-state index contributed by atoms with van der Waals surface area (Å²) in [5, 5.41) is 14.4. The number of hydrogen-bond acceptors (Lipinski definition) is 3. The molecule has 0 saturated carbocycles. The maximum Gasteiger partial charge on any atom is 0.325 e. The second-order valence-electron chi connectivity index (χ2n) is 4.31. The summed E-state index contributed by atoms with van der Waals surface area (Å²) < 4.78 is 0. The van der Waals surface area contributed by atoms with Crippen molar-refractivity contribution in [2.24, 2.45) is 0 Å². The quantitative estimate of drug-likeness (QED) is 0.640. The van der Waals surface area contributed by atoms with Gasteiger partial charge in [-0.25, -0.2) is 0 Å². The van der Waals surface area contributed by atoms with Crippen molar-refractivity contribution in [2.45, 2.75) is 51.1 Å². The van der Waals surface area contributed by atoms with E-state index in [0.717, 1.165) is 19.4 Å². The van der Waals surface area contributed by atoms with Gasteiger partial charge in [0.15, 0.2) is 0 Å². The van der Waals surface area contributed by atoms with Crippen LogP contribution in [0.3, 0.4) is 0 Å².